The molecule has 20 heavy (non-hydrogen) atoms. The SMILES string of the molecule is CC1(C)CC(Oc2ccc(C(=N)N)cc2Cl)C(C)(C)O1. The lowest BCUT2D eigenvalue weighted by Gasteiger charge is -2.27. The molecule has 1 heterocycles. The molecule has 0 amide bonds. The molecular weight excluding hydrogens is 276 g/mol. The zero-order chi connectivity index (χ0) is 15.1. The van der Waals surface area contributed by atoms with Crippen LogP contribution in [0.25, 0.3) is 0 Å². The molecule has 4 nitrogen and oxygen atoms in total. The Balaban J connectivity index is 2.21. The Hall–Kier alpha value is -1.26. The van der Waals surface area contributed by atoms with E-state index in [2.05, 4.69) is 13.8 Å². The maximum absolute atomic E-state index is 7.40. The number of amidine groups is 1. The van der Waals surface area contributed by atoms with Gasteiger partial charge < -0.3 is 15.2 Å². The van der Waals surface area contributed by atoms with E-state index in [4.69, 9.17) is 32.2 Å². The number of nitrogens with one attached hydrogen (secondary N) is 1. The van der Waals surface area contributed by atoms with E-state index in [0.717, 1.165) is 6.42 Å². The summed E-state index contributed by atoms with van der Waals surface area (Å²) in [6.07, 6.45) is 0.725. The first kappa shape index (κ1) is 15.1. The third-order valence-corrected chi connectivity index (χ3v) is 3.80. The average Bonchev–Trinajstić information content (AvgIpc) is 2.49. The summed E-state index contributed by atoms with van der Waals surface area (Å²) in [6, 6.07) is 5.13. The van der Waals surface area contributed by atoms with E-state index >= 15 is 0 Å². The average molecular weight is 297 g/mol. The molecule has 5 heteroatoms. The molecule has 1 atom stereocenters. The molecule has 0 aliphatic carbocycles. The fourth-order valence-corrected chi connectivity index (χ4v) is 2.84. The molecule has 1 unspecified atom stereocenters. The van der Waals surface area contributed by atoms with Crippen molar-refractivity contribution in [2.24, 2.45) is 5.73 Å². The van der Waals surface area contributed by atoms with Crippen LogP contribution in [0, 0.1) is 5.41 Å². The maximum atomic E-state index is 7.40. The van der Waals surface area contributed by atoms with Crippen molar-refractivity contribution < 1.29 is 9.47 Å². The van der Waals surface area contributed by atoms with Crippen molar-refractivity contribution >= 4 is 17.4 Å². The van der Waals surface area contributed by atoms with E-state index in [9.17, 15) is 0 Å². The molecule has 0 radical (unpaired) electrons. The van der Waals surface area contributed by atoms with Gasteiger partial charge >= 0.3 is 0 Å². The van der Waals surface area contributed by atoms with Crippen molar-refractivity contribution in [1.29, 1.82) is 5.41 Å². The largest absolute Gasteiger partial charge is 0.486 e. The zero-order valence-electron chi connectivity index (χ0n) is 12.3. The molecule has 1 aliphatic heterocycles. The van der Waals surface area contributed by atoms with Crippen LogP contribution in [0.1, 0.15) is 39.7 Å². The molecule has 0 spiro atoms. The van der Waals surface area contributed by atoms with Gasteiger partial charge in [-0.1, -0.05) is 11.6 Å². The van der Waals surface area contributed by atoms with Crippen LogP contribution in [0.15, 0.2) is 18.2 Å². The summed E-state index contributed by atoms with van der Waals surface area (Å²) in [4.78, 5) is 0. The molecule has 0 saturated carbocycles. The quantitative estimate of drug-likeness (QED) is 0.664. The second-order valence-electron chi connectivity index (χ2n) is 6.33. The first-order valence-corrected chi connectivity index (χ1v) is 6.99. The van der Waals surface area contributed by atoms with Crippen molar-refractivity contribution in [2.45, 2.75) is 51.4 Å². The van der Waals surface area contributed by atoms with E-state index in [1.54, 1.807) is 18.2 Å². The summed E-state index contributed by atoms with van der Waals surface area (Å²) in [7, 11) is 0. The lowest BCUT2D eigenvalue weighted by Crippen LogP contribution is -2.36. The molecule has 2 rings (SSSR count). The van der Waals surface area contributed by atoms with Gasteiger partial charge in [-0.15, -0.1) is 0 Å². The van der Waals surface area contributed by atoms with Gasteiger partial charge in [0, 0.05) is 12.0 Å². The standard InChI is InChI=1S/C15H21ClN2O2/c1-14(2)8-12(15(3,4)20-14)19-11-6-5-9(13(17)18)7-10(11)16/h5-7,12H,8H2,1-4H3,(H3,17,18). The van der Waals surface area contributed by atoms with Crippen LogP contribution in [0.3, 0.4) is 0 Å². The van der Waals surface area contributed by atoms with Crippen LogP contribution >= 0.6 is 11.6 Å². The Kier molecular flexibility index (Phi) is 3.73. The van der Waals surface area contributed by atoms with Crippen molar-refractivity contribution in [3.05, 3.63) is 28.8 Å². The van der Waals surface area contributed by atoms with Crippen LogP contribution in [-0.2, 0) is 4.74 Å². The summed E-state index contributed by atoms with van der Waals surface area (Å²) >= 11 is 6.20. The number of hydrogen-bond donors (Lipinski definition) is 2. The number of nitrogens with two attached hydrogens (primary N) is 1. The Morgan fingerprint density at radius 3 is 2.50 bits per heavy atom. The van der Waals surface area contributed by atoms with Gasteiger partial charge in [-0.3, -0.25) is 5.41 Å². The molecule has 3 N–H and O–H groups in total. The normalized spacial score (nSPS) is 23.6. The molecule has 1 fully saturated rings. The minimum atomic E-state index is -0.369. The molecule has 0 bridgehead atoms. The molecule has 1 aromatic rings. The number of ether oxygens (including phenoxy) is 2. The van der Waals surface area contributed by atoms with Crippen molar-refractivity contribution in [3.63, 3.8) is 0 Å². The zero-order valence-corrected chi connectivity index (χ0v) is 13.0. The highest BCUT2D eigenvalue weighted by Crippen LogP contribution is 2.40. The minimum absolute atomic E-state index is 0.0101. The van der Waals surface area contributed by atoms with Gasteiger partial charge in [0.2, 0.25) is 0 Å². The Morgan fingerprint density at radius 2 is 2.05 bits per heavy atom. The summed E-state index contributed by atoms with van der Waals surface area (Å²) in [5.41, 5.74) is 5.45. The highest BCUT2D eigenvalue weighted by atomic mass is 35.5. The lowest BCUT2D eigenvalue weighted by molar-refractivity contribution is -0.0845. The van der Waals surface area contributed by atoms with E-state index in [-0.39, 0.29) is 23.1 Å². The van der Waals surface area contributed by atoms with Gasteiger partial charge in [-0.2, -0.15) is 0 Å². The van der Waals surface area contributed by atoms with E-state index < -0.39 is 0 Å². The molecule has 1 aromatic carbocycles. The van der Waals surface area contributed by atoms with Gasteiger partial charge in [0.25, 0.3) is 0 Å². The molecule has 110 valence electrons. The number of rotatable bonds is 3. The van der Waals surface area contributed by atoms with Crippen molar-refractivity contribution in [1.82, 2.24) is 0 Å². The van der Waals surface area contributed by atoms with Crippen molar-refractivity contribution in [2.75, 3.05) is 0 Å². The van der Waals surface area contributed by atoms with Crippen LogP contribution in [0.5, 0.6) is 5.75 Å². The lowest BCUT2D eigenvalue weighted by atomic mass is 9.97. The summed E-state index contributed by atoms with van der Waals surface area (Å²) in [5, 5.41) is 7.86. The molecule has 1 saturated heterocycles. The molecule has 1 aliphatic rings. The van der Waals surface area contributed by atoms with E-state index in [1.807, 2.05) is 13.8 Å². The van der Waals surface area contributed by atoms with Crippen LogP contribution in [-0.4, -0.2) is 23.1 Å². The van der Waals surface area contributed by atoms with Crippen LogP contribution < -0.4 is 10.5 Å². The predicted octanol–water partition coefficient (Wildman–Crippen LogP) is 3.35. The third kappa shape index (κ3) is 3.07. The third-order valence-electron chi connectivity index (χ3n) is 3.50. The summed E-state index contributed by atoms with van der Waals surface area (Å²) in [5.74, 6) is 0.583. The smallest absolute Gasteiger partial charge is 0.138 e. The van der Waals surface area contributed by atoms with Gasteiger partial charge in [0.05, 0.1) is 10.6 Å². The predicted molar refractivity (Wildman–Crippen MR) is 80.7 cm³/mol. The first-order chi connectivity index (χ1) is 9.11. The van der Waals surface area contributed by atoms with E-state index in [0.29, 0.717) is 16.3 Å². The monoisotopic (exact) mass is 296 g/mol. The van der Waals surface area contributed by atoms with E-state index in [1.165, 1.54) is 0 Å². The van der Waals surface area contributed by atoms with Crippen LogP contribution in [0.2, 0.25) is 5.02 Å². The van der Waals surface area contributed by atoms with Crippen molar-refractivity contribution in [3.8, 4) is 5.75 Å². The Morgan fingerprint density at radius 1 is 1.40 bits per heavy atom. The van der Waals surface area contributed by atoms with Gasteiger partial charge in [-0.05, 0) is 45.9 Å². The van der Waals surface area contributed by atoms with Gasteiger partial charge in [-0.25, -0.2) is 0 Å². The Labute approximate surface area is 124 Å². The fraction of sp³-hybridized carbons (Fsp3) is 0.533. The molecular formula is C15H21ClN2O2. The topological polar surface area (TPSA) is 68.3 Å². The highest BCUT2D eigenvalue weighted by molar-refractivity contribution is 6.32. The van der Waals surface area contributed by atoms with Gasteiger partial charge in [0.15, 0.2) is 0 Å². The number of hydrogen-bond acceptors (Lipinski definition) is 3. The van der Waals surface area contributed by atoms with Gasteiger partial charge in [0.1, 0.15) is 23.3 Å². The highest BCUT2D eigenvalue weighted by Gasteiger charge is 2.47. The number of nitrogen functional groups attached to an aromatic ring is 1. The number of halogens is 1. The summed E-state index contributed by atoms with van der Waals surface area (Å²) < 4.78 is 12.0. The van der Waals surface area contributed by atoms with Crippen LogP contribution in [0.4, 0.5) is 0 Å². The maximum Gasteiger partial charge on any atom is 0.138 e. The molecule has 0 aromatic heterocycles. The fourth-order valence-electron chi connectivity index (χ4n) is 2.61. The first-order valence-electron chi connectivity index (χ1n) is 6.61. The second-order valence-corrected chi connectivity index (χ2v) is 6.74. The Bertz CT molecular complexity index is 541. The minimum Gasteiger partial charge on any atom is -0.486 e. The second kappa shape index (κ2) is 4.93. The summed E-state index contributed by atoms with van der Waals surface area (Å²) in [6.45, 7) is 8.14. The number of benzene rings is 1.